The van der Waals surface area contributed by atoms with Gasteiger partial charge >= 0.3 is 0 Å². The van der Waals surface area contributed by atoms with Crippen LogP contribution in [-0.2, 0) is 5.75 Å². The van der Waals surface area contributed by atoms with E-state index in [0.29, 0.717) is 0 Å². The maximum absolute atomic E-state index is 4.50. The highest BCUT2D eigenvalue weighted by atomic mass is 79.9. The predicted octanol–water partition coefficient (Wildman–Crippen LogP) is 5.99. The van der Waals surface area contributed by atoms with E-state index in [-0.39, 0.29) is 0 Å². The van der Waals surface area contributed by atoms with Gasteiger partial charge in [-0.2, -0.15) is 0 Å². The summed E-state index contributed by atoms with van der Waals surface area (Å²) < 4.78 is 3.12. The second kappa shape index (κ2) is 7.89. The van der Waals surface area contributed by atoms with Crippen molar-refractivity contribution in [1.29, 1.82) is 0 Å². The van der Waals surface area contributed by atoms with Crippen LogP contribution in [0.1, 0.15) is 5.56 Å². The molecule has 1 aromatic heterocycles. The molecule has 0 amide bonds. The van der Waals surface area contributed by atoms with Gasteiger partial charge in [0.15, 0.2) is 11.0 Å². The van der Waals surface area contributed by atoms with Crippen molar-refractivity contribution < 1.29 is 0 Å². The zero-order valence-corrected chi connectivity index (χ0v) is 16.3. The number of para-hydroxylation sites is 1. The van der Waals surface area contributed by atoms with Gasteiger partial charge in [0.25, 0.3) is 0 Å². The van der Waals surface area contributed by atoms with E-state index in [2.05, 4.69) is 73.2 Å². The SMILES string of the molecule is Brc1ccccc1-c1nnc(SCc2ccccc2)n1-c1ccccc1. The Kier molecular flexibility index (Phi) is 5.18. The van der Waals surface area contributed by atoms with Gasteiger partial charge in [0.2, 0.25) is 0 Å². The van der Waals surface area contributed by atoms with E-state index in [1.165, 1.54) is 5.56 Å². The highest BCUT2D eigenvalue weighted by Crippen LogP contribution is 2.32. The monoisotopic (exact) mass is 421 g/mol. The predicted molar refractivity (Wildman–Crippen MR) is 110 cm³/mol. The van der Waals surface area contributed by atoms with Gasteiger partial charge in [-0.25, -0.2) is 0 Å². The molecule has 4 aromatic rings. The first-order valence-electron chi connectivity index (χ1n) is 8.25. The van der Waals surface area contributed by atoms with Gasteiger partial charge in [-0.3, -0.25) is 4.57 Å². The van der Waals surface area contributed by atoms with Crippen molar-refractivity contribution in [2.24, 2.45) is 0 Å². The van der Waals surface area contributed by atoms with Gasteiger partial charge in [0.1, 0.15) is 0 Å². The lowest BCUT2D eigenvalue weighted by atomic mass is 10.2. The van der Waals surface area contributed by atoms with Gasteiger partial charge in [0, 0.05) is 21.5 Å². The zero-order valence-electron chi connectivity index (χ0n) is 13.9. The van der Waals surface area contributed by atoms with E-state index in [9.17, 15) is 0 Å². The average molecular weight is 422 g/mol. The third-order valence-electron chi connectivity index (χ3n) is 3.97. The van der Waals surface area contributed by atoms with Crippen LogP contribution in [0.2, 0.25) is 0 Å². The van der Waals surface area contributed by atoms with Crippen molar-refractivity contribution >= 4 is 27.7 Å². The van der Waals surface area contributed by atoms with Crippen LogP contribution in [0.15, 0.2) is 94.6 Å². The lowest BCUT2D eigenvalue weighted by Crippen LogP contribution is -2.00. The Hall–Kier alpha value is -2.37. The third kappa shape index (κ3) is 3.59. The molecule has 0 aliphatic heterocycles. The van der Waals surface area contributed by atoms with Gasteiger partial charge in [-0.05, 0) is 23.8 Å². The van der Waals surface area contributed by atoms with E-state index < -0.39 is 0 Å². The molecule has 0 aliphatic rings. The molecule has 4 rings (SSSR count). The smallest absolute Gasteiger partial charge is 0.196 e. The fourth-order valence-electron chi connectivity index (χ4n) is 2.71. The molecule has 3 aromatic carbocycles. The summed E-state index contributed by atoms with van der Waals surface area (Å²) in [7, 11) is 0. The summed E-state index contributed by atoms with van der Waals surface area (Å²) in [4.78, 5) is 0. The maximum Gasteiger partial charge on any atom is 0.196 e. The quantitative estimate of drug-likeness (QED) is 0.370. The minimum atomic E-state index is 0.833. The Balaban J connectivity index is 1.76. The summed E-state index contributed by atoms with van der Waals surface area (Å²) in [6, 6.07) is 28.7. The molecule has 3 nitrogen and oxygen atoms in total. The van der Waals surface area contributed by atoms with Crippen molar-refractivity contribution in [3.05, 3.63) is 95.0 Å². The molecule has 26 heavy (non-hydrogen) atoms. The molecule has 0 unspecified atom stereocenters. The average Bonchev–Trinajstić information content (AvgIpc) is 3.12. The standard InChI is InChI=1S/C21H16BrN3S/c22-19-14-8-7-13-18(19)20-23-24-21(25(20)17-11-5-2-6-12-17)26-15-16-9-3-1-4-10-16/h1-14H,15H2. The first-order chi connectivity index (χ1) is 12.8. The lowest BCUT2D eigenvalue weighted by molar-refractivity contribution is 0.886. The van der Waals surface area contributed by atoms with Crippen LogP contribution in [0.5, 0.6) is 0 Å². The van der Waals surface area contributed by atoms with Gasteiger partial charge in [-0.1, -0.05) is 94.4 Å². The molecule has 5 heteroatoms. The number of nitrogens with zero attached hydrogens (tertiary/aromatic N) is 3. The first kappa shape index (κ1) is 17.1. The molecule has 0 bridgehead atoms. The van der Waals surface area contributed by atoms with Crippen LogP contribution in [0.25, 0.3) is 17.1 Å². The molecule has 0 atom stereocenters. The lowest BCUT2D eigenvalue weighted by Gasteiger charge is -2.11. The Morgan fingerprint density at radius 2 is 1.42 bits per heavy atom. The van der Waals surface area contributed by atoms with Gasteiger partial charge < -0.3 is 0 Å². The molecule has 0 radical (unpaired) electrons. The molecular weight excluding hydrogens is 406 g/mol. The number of hydrogen-bond acceptors (Lipinski definition) is 3. The number of aromatic nitrogens is 3. The van der Waals surface area contributed by atoms with Crippen molar-refractivity contribution in [2.75, 3.05) is 0 Å². The molecule has 0 N–H and O–H groups in total. The van der Waals surface area contributed by atoms with Crippen LogP contribution in [0, 0.1) is 0 Å². The molecule has 0 saturated carbocycles. The fourth-order valence-corrected chi connectivity index (χ4v) is 4.08. The largest absolute Gasteiger partial charge is 0.270 e. The van der Waals surface area contributed by atoms with Gasteiger partial charge in [-0.15, -0.1) is 10.2 Å². The zero-order chi connectivity index (χ0) is 17.8. The summed E-state index contributed by atoms with van der Waals surface area (Å²) in [5, 5.41) is 9.86. The van der Waals surface area contributed by atoms with Crippen molar-refractivity contribution in [3.63, 3.8) is 0 Å². The second-order valence-corrected chi connectivity index (χ2v) is 7.53. The first-order valence-corrected chi connectivity index (χ1v) is 10.0. The molecule has 1 heterocycles. The number of benzene rings is 3. The van der Waals surface area contributed by atoms with E-state index >= 15 is 0 Å². The minimum absolute atomic E-state index is 0.833. The number of halogens is 1. The van der Waals surface area contributed by atoms with Crippen LogP contribution in [-0.4, -0.2) is 14.8 Å². The molecular formula is C21H16BrN3S. The maximum atomic E-state index is 4.50. The summed E-state index contributed by atoms with van der Waals surface area (Å²) in [5.74, 6) is 1.68. The Labute approximate surface area is 165 Å². The molecule has 0 spiro atoms. The van der Waals surface area contributed by atoms with Crippen molar-refractivity contribution in [2.45, 2.75) is 10.9 Å². The van der Waals surface area contributed by atoms with E-state index in [1.807, 2.05) is 42.5 Å². The molecule has 0 fully saturated rings. The molecule has 0 aliphatic carbocycles. The molecule has 0 saturated heterocycles. The third-order valence-corrected chi connectivity index (χ3v) is 5.66. The number of rotatable bonds is 5. The van der Waals surface area contributed by atoms with E-state index in [4.69, 9.17) is 0 Å². The van der Waals surface area contributed by atoms with E-state index in [1.54, 1.807) is 11.8 Å². The highest BCUT2D eigenvalue weighted by molar-refractivity contribution is 9.10. The van der Waals surface area contributed by atoms with Crippen LogP contribution < -0.4 is 0 Å². The minimum Gasteiger partial charge on any atom is -0.270 e. The Morgan fingerprint density at radius 3 is 2.15 bits per heavy atom. The summed E-state index contributed by atoms with van der Waals surface area (Å²) >= 11 is 5.33. The summed E-state index contributed by atoms with van der Waals surface area (Å²) in [6.07, 6.45) is 0. The molecule has 128 valence electrons. The second-order valence-electron chi connectivity index (χ2n) is 5.73. The highest BCUT2D eigenvalue weighted by Gasteiger charge is 2.17. The van der Waals surface area contributed by atoms with E-state index in [0.717, 1.165) is 32.5 Å². The topological polar surface area (TPSA) is 30.7 Å². The van der Waals surface area contributed by atoms with Crippen LogP contribution in [0.3, 0.4) is 0 Å². The fraction of sp³-hybridized carbons (Fsp3) is 0.0476. The summed E-state index contributed by atoms with van der Waals surface area (Å²) in [6.45, 7) is 0. The number of hydrogen-bond donors (Lipinski definition) is 0. The number of thioether (sulfide) groups is 1. The summed E-state index contributed by atoms with van der Waals surface area (Å²) in [5.41, 5.74) is 3.34. The van der Waals surface area contributed by atoms with Crippen molar-refractivity contribution in [1.82, 2.24) is 14.8 Å². The van der Waals surface area contributed by atoms with Gasteiger partial charge in [0.05, 0.1) is 0 Å². The normalized spacial score (nSPS) is 10.8. The Bertz CT molecular complexity index is 1000. The van der Waals surface area contributed by atoms with Crippen molar-refractivity contribution in [3.8, 4) is 17.1 Å². The van der Waals surface area contributed by atoms with Crippen LogP contribution in [0.4, 0.5) is 0 Å². The Morgan fingerprint density at radius 1 is 0.769 bits per heavy atom. The van der Waals surface area contributed by atoms with Crippen LogP contribution >= 0.6 is 27.7 Å².